The van der Waals surface area contributed by atoms with Gasteiger partial charge in [0.15, 0.2) is 0 Å². The van der Waals surface area contributed by atoms with E-state index in [0.29, 0.717) is 13.6 Å². The Morgan fingerprint density at radius 1 is 0.429 bits per heavy atom. The SMILES string of the molecule is CC12SC3(C)SC(C)(S1)SC(C)(S2)S3. The second-order valence-corrected chi connectivity index (χ2v) is 18.2. The van der Waals surface area contributed by atoms with Gasteiger partial charge in [0, 0.05) is 0 Å². The molecule has 4 rings (SSSR count). The van der Waals surface area contributed by atoms with Crippen LogP contribution in [0.15, 0.2) is 0 Å². The summed E-state index contributed by atoms with van der Waals surface area (Å²) in [4.78, 5) is 0. The molecule has 4 fully saturated rings. The van der Waals surface area contributed by atoms with Crippen LogP contribution < -0.4 is 0 Å². The van der Waals surface area contributed by atoms with Crippen molar-refractivity contribution in [1.29, 1.82) is 0 Å². The van der Waals surface area contributed by atoms with E-state index in [1.54, 1.807) is 0 Å². The quantitative estimate of drug-likeness (QED) is 0.604. The Labute approximate surface area is 111 Å². The van der Waals surface area contributed by atoms with E-state index < -0.39 is 0 Å². The van der Waals surface area contributed by atoms with Crippen molar-refractivity contribution in [2.75, 3.05) is 0 Å². The molecule has 4 aliphatic rings. The molecule has 80 valence electrons. The van der Waals surface area contributed by atoms with E-state index in [-0.39, 0.29) is 0 Å². The lowest BCUT2D eigenvalue weighted by Crippen LogP contribution is -2.49. The van der Waals surface area contributed by atoms with Gasteiger partial charge in [-0.2, -0.15) is 0 Å². The summed E-state index contributed by atoms with van der Waals surface area (Å²) in [5, 5.41) is 0. The Morgan fingerprint density at radius 2 is 0.571 bits per heavy atom. The Hall–Kier alpha value is 2.10. The fourth-order valence-corrected chi connectivity index (χ4v) is 24.1. The maximum Gasteiger partial charge on any atom is 0.110 e. The van der Waals surface area contributed by atoms with Crippen molar-refractivity contribution in [3.05, 3.63) is 0 Å². The third-order valence-corrected chi connectivity index (χ3v) is 12.7. The van der Waals surface area contributed by atoms with Gasteiger partial charge >= 0.3 is 0 Å². The van der Waals surface area contributed by atoms with Crippen LogP contribution in [-0.2, 0) is 0 Å². The van der Waals surface area contributed by atoms with Crippen molar-refractivity contribution in [1.82, 2.24) is 0 Å². The molecule has 0 aromatic heterocycles. The molecule has 4 aliphatic heterocycles. The Kier molecular flexibility index (Phi) is 2.33. The fourth-order valence-electron chi connectivity index (χ4n) is 2.27. The highest BCUT2D eigenvalue weighted by atomic mass is 32.4. The predicted octanol–water partition coefficient (Wildman–Crippen LogP) is 5.12. The van der Waals surface area contributed by atoms with Crippen LogP contribution in [0, 0.1) is 0 Å². The fraction of sp³-hybridized carbons (Fsp3) is 1.00. The van der Waals surface area contributed by atoms with E-state index >= 15 is 0 Å². The van der Waals surface area contributed by atoms with Crippen molar-refractivity contribution in [3.8, 4) is 0 Å². The summed E-state index contributed by atoms with van der Waals surface area (Å²) in [5.74, 6) is 0. The summed E-state index contributed by atoms with van der Waals surface area (Å²) in [5.41, 5.74) is 0. The van der Waals surface area contributed by atoms with Crippen LogP contribution in [-0.4, -0.2) is 13.6 Å². The summed E-state index contributed by atoms with van der Waals surface area (Å²) in [7, 11) is 0. The van der Waals surface area contributed by atoms with Crippen molar-refractivity contribution in [2.45, 2.75) is 41.3 Å². The van der Waals surface area contributed by atoms with Gasteiger partial charge in [0.1, 0.15) is 13.6 Å². The third kappa shape index (κ3) is 1.67. The normalized spacial score (nSPS) is 66.0. The summed E-state index contributed by atoms with van der Waals surface area (Å²) in [6.45, 7) is 9.61. The van der Waals surface area contributed by atoms with Gasteiger partial charge in [0.2, 0.25) is 0 Å². The second-order valence-electron chi connectivity index (χ2n) is 4.06. The standard InChI is InChI=1S/C8H12S6/c1-5-9-6(2)12-7(3,10-5)14-8(4,11-5)13-6/h1-4H3. The molecule has 0 aromatic carbocycles. The number of hydrogen-bond donors (Lipinski definition) is 0. The van der Waals surface area contributed by atoms with E-state index in [2.05, 4.69) is 98.3 Å². The molecule has 6 heteroatoms. The van der Waals surface area contributed by atoms with Crippen molar-refractivity contribution in [2.24, 2.45) is 0 Å². The molecule has 0 aliphatic carbocycles. The molecule has 0 amide bonds. The van der Waals surface area contributed by atoms with Gasteiger partial charge in [-0.1, -0.05) is 0 Å². The van der Waals surface area contributed by atoms with Gasteiger partial charge in [0.25, 0.3) is 0 Å². The van der Waals surface area contributed by atoms with E-state index in [1.165, 1.54) is 0 Å². The minimum Gasteiger partial charge on any atom is -0.105 e. The summed E-state index contributed by atoms with van der Waals surface area (Å²) >= 11 is 12.9. The molecule has 0 unspecified atom stereocenters. The highest BCUT2D eigenvalue weighted by Crippen LogP contribution is 2.88. The lowest BCUT2D eigenvalue weighted by atomic mass is 10.9. The van der Waals surface area contributed by atoms with Crippen molar-refractivity contribution >= 4 is 70.6 Å². The molecule has 4 saturated heterocycles. The van der Waals surface area contributed by atoms with Crippen molar-refractivity contribution < 1.29 is 0 Å². The predicted molar refractivity (Wildman–Crippen MR) is 79.2 cm³/mol. The molecule has 0 radical (unpaired) electrons. The van der Waals surface area contributed by atoms with Crippen LogP contribution in [0.2, 0.25) is 0 Å². The maximum absolute atomic E-state index is 2.40. The first-order chi connectivity index (χ1) is 6.24. The van der Waals surface area contributed by atoms with Gasteiger partial charge in [-0.25, -0.2) is 0 Å². The van der Waals surface area contributed by atoms with Crippen LogP contribution in [0.25, 0.3) is 0 Å². The first-order valence-electron chi connectivity index (χ1n) is 4.45. The molecular formula is C8H12S6. The molecule has 0 nitrogen and oxygen atoms in total. The van der Waals surface area contributed by atoms with Crippen LogP contribution in [0.3, 0.4) is 0 Å². The number of thioether (sulfide) groups is 6. The Balaban J connectivity index is 2.08. The summed E-state index contributed by atoms with van der Waals surface area (Å²) in [6, 6.07) is 0. The smallest absolute Gasteiger partial charge is 0.105 e. The van der Waals surface area contributed by atoms with E-state index in [0.717, 1.165) is 0 Å². The molecule has 0 spiro atoms. The zero-order valence-corrected chi connectivity index (χ0v) is 13.3. The third-order valence-electron chi connectivity index (χ3n) is 2.22. The summed E-state index contributed by atoms with van der Waals surface area (Å²) < 4.78 is 1.50. The second kappa shape index (κ2) is 2.91. The van der Waals surface area contributed by atoms with E-state index in [1.807, 2.05) is 0 Å². The molecule has 4 heterocycles. The molecular weight excluding hydrogens is 288 g/mol. The molecule has 0 N–H and O–H groups in total. The Morgan fingerprint density at radius 3 is 0.714 bits per heavy atom. The molecule has 0 aromatic rings. The first kappa shape index (κ1) is 11.2. The zero-order chi connectivity index (χ0) is 10.2. The van der Waals surface area contributed by atoms with Crippen LogP contribution in [0.1, 0.15) is 27.7 Å². The average molecular weight is 301 g/mol. The molecule has 0 saturated carbocycles. The van der Waals surface area contributed by atoms with Crippen LogP contribution in [0.4, 0.5) is 0 Å². The zero-order valence-electron chi connectivity index (χ0n) is 8.45. The summed E-state index contributed by atoms with van der Waals surface area (Å²) in [6.07, 6.45) is 0. The molecule has 14 heavy (non-hydrogen) atoms. The molecule has 0 atom stereocenters. The van der Waals surface area contributed by atoms with Crippen molar-refractivity contribution in [3.63, 3.8) is 0 Å². The van der Waals surface area contributed by atoms with E-state index in [9.17, 15) is 0 Å². The lowest BCUT2D eigenvalue weighted by molar-refractivity contribution is 1.10. The number of hydrogen-bond acceptors (Lipinski definition) is 6. The largest absolute Gasteiger partial charge is 0.110 e. The Bertz CT molecular complexity index is 207. The van der Waals surface area contributed by atoms with Gasteiger partial charge in [-0.3, -0.25) is 0 Å². The highest BCUT2D eigenvalue weighted by Gasteiger charge is 2.66. The maximum atomic E-state index is 2.40. The minimum atomic E-state index is 0.375. The van der Waals surface area contributed by atoms with Gasteiger partial charge in [0.05, 0.1) is 0 Å². The topological polar surface area (TPSA) is 0 Å². The average Bonchev–Trinajstić information content (AvgIpc) is 1.67. The van der Waals surface area contributed by atoms with Gasteiger partial charge in [-0.05, 0) is 27.7 Å². The van der Waals surface area contributed by atoms with Gasteiger partial charge < -0.3 is 0 Å². The van der Waals surface area contributed by atoms with Gasteiger partial charge in [-0.15, -0.1) is 70.6 Å². The lowest BCUT2D eigenvalue weighted by Gasteiger charge is -2.64. The first-order valence-corrected chi connectivity index (χ1v) is 9.35. The minimum absolute atomic E-state index is 0.375. The van der Waals surface area contributed by atoms with E-state index in [4.69, 9.17) is 0 Å². The monoisotopic (exact) mass is 300 g/mol. The molecule has 4 bridgehead atoms. The number of rotatable bonds is 0. The van der Waals surface area contributed by atoms with Crippen LogP contribution in [0.5, 0.6) is 0 Å². The highest BCUT2D eigenvalue weighted by molar-refractivity contribution is 8.64. The van der Waals surface area contributed by atoms with Crippen LogP contribution >= 0.6 is 70.6 Å².